The highest BCUT2D eigenvalue weighted by Crippen LogP contribution is 2.45. The van der Waals surface area contributed by atoms with Crippen molar-refractivity contribution in [3.05, 3.63) is 158 Å². The third-order valence-corrected chi connectivity index (χ3v) is 17.9. The van der Waals surface area contributed by atoms with Crippen molar-refractivity contribution in [3.8, 4) is 0 Å². The first-order valence-corrected chi connectivity index (χ1v) is 42.7. The summed E-state index contributed by atoms with van der Waals surface area (Å²) in [5.74, 6) is -2.32. The Bertz CT molecular complexity index is 2590. The lowest BCUT2D eigenvalue weighted by Gasteiger charge is -2.21. The van der Waals surface area contributed by atoms with Gasteiger partial charge >= 0.3 is 39.5 Å². The van der Waals surface area contributed by atoms with Crippen molar-refractivity contribution >= 4 is 39.5 Å². The molecule has 0 aromatic heterocycles. The van der Waals surface area contributed by atoms with Gasteiger partial charge < -0.3 is 33.8 Å². The molecule has 0 spiro atoms. The number of hydrogen-bond donors (Lipinski definition) is 3. The summed E-state index contributed by atoms with van der Waals surface area (Å²) in [6.07, 6.45) is 88.1. The van der Waals surface area contributed by atoms with E-state index in [1.807, 2.05) is 18.2 Å². The normalized spacial score (nSPS) is 14.7. The Hall–Kier alpha value is -5.32. The lowest BCUT2D eigenvalue weighted by atomic mass is 10.1. The molecule has 0 rings (SSSR count). The maximum absolute atomic E-state index is 13.1. The van der Waals surface area contributed by atoms with E-state index in [4.69, 9.17) is 37.0 Å². The fraction of sp³-hybridized carbons (Fsp3) is 0.647. The number of phosphoric ester groups is 2. The van der Waals surface area contributed by atoms with E-state index in [1.54, 1.807) is 0 Å². The van der Waals surface area contributed by atoms with Gasteiger partial charge in [-0.25, -0.2) is 9.13 Å². The Labute approximate surface area is 629 Å². The molecule has 0 radical (unpaired) electrons. The molecule has 0 aromatic carbocycles. The number of ether oxygens (including phenoxy) is 4. The molecule has 0 aromatic rings. The number of aliphatic hydroxyl groups excluding tert-OH is 1. The molecule has 592 valence electrons. The average molecular weight is 1500 g/mol. The zero-order valence-corrected chi connectivity index (χ0v) is 66.4. The van der Waals surface area contributed by atoms with E-state index < -0.39 is 97.5 Å². The summed E-state index contributed by atoms with van der Waals surface area (Å²) < 4.78 is 68.5. The van der Waals surface area contributed by atoms with Crippen molar-refractivity contribution in [2.75, 3.05) is 39.6 Å². The Balaban J connectivity index is 5.42. The van der Waals surface area contributed by atoms with E-state index in [0.717, 1.165) is 186 Å². The van der Waals surface area contributed by atoms with Crippen molar-refractivity contribution in [1.82, 2.24) is 0 Å². The molecule has 0 aliphatic carbocycles. The smallest absolute Gasteiger partial charge is 0.462 e. The van der Waals surface area contributed by atoms with Gasteiger partial charge in [0, 0.05) is 25.7 Å². The number of unbranched alkanes of at least 4 members (excludes halogenated alkanes) is 21. The molecule has 0 saturated carbocycles. The number of allylic oxidation sites excluding steroid dienone is 26. The zero-order valence-electron chi connectivity index (χ0n) is 64.6. The van der Waals surface area contributed by atoms with Crippen molar-refractivity contribution in [2.24, 2.45) is 0 Å². The van der Waals surface area contributed by atoms with Crippen LogP contribution in [0.5, 0.6) is 0 Å². The van der Waals surface area contributed by atoms with Gasteiger partial charge in [0.05, 0.1) is 26.4 Å². The number of rotatable bonds is 73. The fourth-order valence-electron chi connectivity index (χ4n) is 9.97. The van der Waals surface area contributed by atoms with E-state index >= 15 is 0 Å². The molecule has 0 saturated heterocycles. The molecule has 3 N–H and O–H groups in total. The Morgan fingerprint density at radius 2 is 0.538 bits per heavy atom. The minimum Gasteiger partial charge on any atom is -0.462 e. The third-order valence-electron chi connectivity index (χ3n) is 16.0. The van der Waals surface area contributed by atoms with Crippen LogP contribution in [-0.4, -0.2) is 96.7 Å². The predicted molar refractivity (Wildman–Crippen MR) is 427 cm³/mol. The standard InChI is InChI=1S/C85H140O17P2/c1-5-9-13-17-21-25-29-33-35-37-39-41-43-47-49-53-57-61-65-69-82(87)95-75-80(101-84(89)71-67-63-59-55-51-45-31-27-23-19-15-11-7-3)77-99-103(91,92)97-73-79(86)74-98-104(93,94)100-78-81(102-85(90)72-68-64-60-56-52-46-32-28-24-20-16-12-8-4)76-96-83(88)70-66-62-58-54-50-48-44-42-40-38-36-34-30-26-22-18-14-10-6-2/h9-10,13-15,19,21-22,25-28,31-36,39-42,47,49,57,61,79-81,86H,5-8,11-12,16-18,20,23-24,29-30,37-38,43-46,48,50-56,58-60,62-78H2,1-4H3,(H,91,92)(H,93,94)/b13-9-,14-10-,19-15-,25-21-,26-22-,31-27-,32-28-,35-33-,36-34-,41-39-,42-40-,49-47-,61-57-. The predicted octanol–water partition coefficient (Wildman–Crippen LogP) is 23.2. The Morgan fingerprint density at radius 1 is 0.279 bits per heavy atom. The highest BCUT2D eigenvalue weighted by atomic mass is 31.2. The molecular weight excluding hydrogens is 1350 g/mol. The van der Waals surface area contributed by atoms with Crippen LogP contribution in [0, 0.1) is 0 Å². The second-order valence-corrected chi connectivity index (χ2v) is 28.8. The lowest BCUT2D eigenvalue weighted by Crippen LogP contribution is -2.30. The Morgan fingerprint density at radius 3 is 0.875 bits per heavy atom. The average Bonchev–Trinajstić information content (AvgIpc) is 0.913. The highest BCUT2D eigenvalue weighted by molar-refractivity contribution is 7.47. The molecule has 0 fully saturated rings. The van der Waals surface area contributed by atoms with Gasteiger partial charge in [0.1, 0.15) is 19.3 Å². The van der Waals surface area contributed by atoms with E-state index in [0.29, 0.717) is 32.1 Å². The van der Waals surface area contributed by atoms with Crippen LogP contribution < -0.4 is 0 Å². The number of carbonyl (C=O) groups excluding carboxylic acids is 4. The van der Waals surface area contributed by atoms with Gasteiger partial charge in [0.15, 0.2) is 12.2 Å². The van der Waals surface area contributed by atoms with Crippen LogP contribution >= 0.6 is 15.6 Å². The minimum atomic E-state index is -5.00. The molecule has 0 bridgehead atoms. The van der Waals surface area contributed by atoms with Crippen molar-refractivity contribution < 1.29 is 80.2 Å². The van der Waals surface area contributed by atoms with Crippen LogP contribution in [0.1, 0.15) is 297 Å². The van der Waals surface area contributed by atoms with E-state index in [1.165, 1.54) is 25.7 Å². The van der Waals surface area contributed by atoms with Gasteiger partial charge in [-0.3, -0.25) is 37.3 Å². The molecule has 0 heterocycles. The molecule has 0 aliphatic heterocycles. The maximum atomic E-state index is 13.1. The van der Waals surface area contributed by atoms with Crippen LogP contribution in [0.2, 0.25) is 0 Å². The summed E-state index contributed by atoms with van der Waals surface area (Å²) >= 11 is 0. The summed E-state index contributed by atoms with van der Waals surface area (Å²) in [6, 6.07) is 0. The monoisotopic (exact) mass is 1490 g/mol. The molecular formula is C85H140O17P2. The first-order valence-electron chi connectivity index (χ1n) is 39.7. The first-order chi connectivity index (χ1) is 50.7. The number of carbonyl (C=O) groups is 4. The van der Waals surface area contributed by atoms with E-state index in [-0.39, 0.29) is 25.7 Å². The van der Waals surface area contributed by atoms with Crippen molar-refractivity contribution in [1.29, 1.82) is 0 Å². The zero-order chi connectivity index (χ0) is 76.0. The molecule has 19 heteroatoms. The SMILES string of the molecule is CC/C=C\C/C=C\C/C=C\C/C=C\C/C=C\C/C=C\CCC(=O)OCC(COP(=O)(O)OCC(O)COP(=O)(O)OCC(COC(=O)CCCCCCCC/C=C\C/C=C\C/C=C\C/C=C\CC)OC(=O)CCCCCCC/C=C\CCCCCC)OC(=O)CCCCCCC/C=C\C/C=C\CCC. The topological polar surface area (TPSA) is 237 Å². The summed E-state index contributed by atoms with van der Waals surface area (Å²) in [6.45, 7) is 4.43. The maximum Gasteiger partial charge on any atom is 0.472 e. The van der Waals surface area contributed by atoms with Crippen LogP contribution in [-0.2, 0) is 65.4 Å². The van der Waals surface area contributed by atoms with Gasteiger partial charge in [-0.05, 0) is 154 Å². The fourth-order valence-corrected chi connectivity index (χ4v) is 11.6. The Kier molecular flexibility index (Phi) is 72.0. The molecule has 104 heavy (non-hydrogen) atoms. The molecule has 5 atom stereocenters. The summed E-state index contributed by atoms with van der Waals surface area (Å²) in [7, 11) is -9.99. The largest absolute Gasteiger partial charge is 0.472 e. The quantitative estimate of drug-likeness (QED) is 0.0169. The second-order valence-electron chi connectivity index (χ2n) is 25.9. The van der Waals surface area contributed by atoms with Crippen LogP contribution in [0.25, 0.3) is 0 Å². The second kappa shape index (κ2) is 75.9. The summed E-state index contributed by atoms with van der Waals surface area (Å²) in [5, 5.41) is 10.6. The summed E-state index contributed by atoms with van der Waals surface area (Å²) in [5.41, 5.74) is 0. The number of esters is 4. The van der Waals surface area contributed by atoms with Gasteiger partial charge in [0.25, 0.3) is 0 Å². The first kappa shape index (κ1) is 98.7. The van der Waals surface area contributed by atoms with Crippen molar-refractivity contribution in [2.45, 2.75) is 316 Å². The van der Waals surface area contributed by atoms with Crippen LogP contribution in [0.15, 0.2) is 158 Å². The van der Waals surface area contributed by atoms with E-state index in [9.17, 15) is 43.2 Å². The lowest BCUT2D eigenvalue weighted by molar-refractivity contribution is -0.161. The molecule has 17 nitrogen and oxygen atoms in total. The molecule has 0 amide bonds. The van der Waals surface area contributed by atoms with Gasteiger partial charge in [-0.15, -0.1) is 0 Å². The third kappa shape index (κ3) is 74.9. The van der Waals surface area contributed by atoms with E-state index in [2.05, 4.69) is 167 Å². The van der Waals surface area contributed by atoms with Crippen molar-refractivity contribution in [3.63, 3.8) is 0 Å². The highest BCUT2D eigenvalue weighted by Gasteiger charge is 2.30. The van der Waals surface area contributed by atoms with Crippen LogP contribution in [0.3, 0.4) is 0 Å². The minimum absolute atomic E-state index is 0.0284. The van der Waals surface area contributed by atoms with Gasteiger partial charge in [-0.1, -0.05) is 276 Å². The molecule has 0 aliphatic rings. The van der Waals surface area contributed by atoms with Crippen LogP contribution in [0.4, 0.5) is 0 Å². The molecule has 5 unspecified atom stereocenters. The number of hydrogen-bond acceptors (Lipinski definition) is 15. The summed E-state index contributed by atoms with van der Waals surface area (Å²) in [4.78, 5) is 73.0. The number of phosphoric acid groups is 2. The van der Waals surface area contributed by atoms with Gasteiger partial charge in [-0.2, -0.15) is 0 Å². The number of aliphatic hydroxyl groups is 1. The van der Waals surface area contributed by atoms with Gasteiger partial charge in [0.2, 0.25) is 0 Å².